The lowest BCUT2D eigenvalue weighted by Crippen LogP contribution is -2.39. The molecule has 2 N–H and O–H groups in total. The Morgan fingerprint density at radius 3 is 2.06 bits per heavy atom. The van der Waals surface area contributed by atoms with Crippen molar-refractivity contribution in [2.75, 3.05) is 6.54 Å². The number of benzene rings is 3. The Balaban J connectivity index is 1.73. The van der Waals surface area contributed by atoms with E-state index in [-0.39, 0.29) is 4.90 Å². The summed E-state index contributed by atoms with van der Waals surface area (Å²) in [5, 5.41) is 7.19. The molecule has 0 saturated carbocycles. The number of sulfonamides is 1. The van der Waals surface area contributed by atoms with Crippen molar-refractivity contribution < 1.29 is 13.2 Å². The maximum absolute atomic E-state index is 12.4. The van der Waals surface area contributed by atoms with Gasteiger partial charge in [-0.1, -0.05) is 60.7 Å². The minimum absolute atomic E-state index is 0.01000. The third-order valence-electron chi connectivity index (χ3n) is 4.80. The number of carbonyl (C=O) groups is 1. The van der Waals surface area contributed by atoms with Crippen LogP contribution in [0.25, 0.3) is 28.2 Å². The summed E-state index contributed by atoms with van der Waals surface area (Å²) in [5.74, 6) is 0. The van der Waals surface area contributed by atoms with E-state index in [2.05, 4.69) is 5.32 Å². The van der Waals surface area contributed by atoms with Crippen LogP contribution in [0.4, 0.5) is 4.79 Å². The summed E-state index contributed by atoms with van der Waals surface area (Å²) < 4.78 is 28.7. The highest BCUT2D eigenvalue weighted by Gasteiger charge is 2.18. The van der Waals surface area contributed by atoms with Crippen molar-refractivity contribution in [2.45, 2.75) is 11.8 Å². The molecule has 0 saturated heterocycles. The third kappa shape index (κ3) is 4.55. The van der Waals surface area contributed by atoms with Crippen LogP contribution in [0.15, 0.2) is 95.9 Å². The van der Waals surface area contributed by atoms with Gasteiger partial charge in [0.1, 0.15) is 0 Å². The van der Waals surface area contributed by atoms with E-state index < -0.39 is 16.1 Å². The molecule has 7 nitrogen and oxygen atoms in total. The quantitative estimate of drug-likeness (QED) is 0.464. The second-order valence-electron chi connectivity index (χ2n) is 7.02. The van der Waals surface area contributed by atoms with E-state index in [0.717, 1.165) is 22.5 Å². The number of urea groups is 1. The molecular weight excluding hydrogens is 424 g/mol. The molecule has 0 unspecified atom stereocenters. The first-order valence-electron chi connectivity index (χ1n) is 10.1. The largest absolute Gasteiger partial charge is 0.338 e. The SMILES string of the molecule is CCNC(=O)NS(=O)(=O)c1ccc(-n2nc(-c3ccccc3)cc2-c2ccccc2)cc1. The molecular formula is C24H22N4O3S. The highest BCUT2D eigenvalue weighted by molar-refractivity contribution is 7.90. The molecule has 0 aliphatic carbocycles. The van der Waals surface area contributed by atoms with Gasteiger partial charge in [-0.05, 0) is 37.3 Å². The molecule has 0 aliphatic rings. The van der Waals surface area contributed by atoms with E-state index in [1.165, 1.54) is 12.1 Å². The highest BCUT2D eigenvalue weighted by atomic mass is 32.2. The fourth-order valence-corrected chi connectivity index (χ4v) is 4.22. The van der Waals surface area contributed by atoms with Crippen molar-refractivity contribution in [1.82, 2.24) is 19.8 Å². The second-order valence-corrected chi connectivity index (χ2v) is 8.70. The molecule has 4 aromatic rings. The summed E-state index contributed by atoms with van der Waals surface area (Å²) in [5.41, 5.74) is 4.34. The van der Waals surface area contributed by atoms with Gasteiger partial charge in [-0.2, -0.15) is 5.10 Å². The van der Waals surface area contributed by atoms with Crippen molar-refractivity contribution in [3.05, 3.63) is 91.0 Å². The molecule has 0 aliphatic heterocycles. The third-order valence-corrected chi connectivity index (χ3v) is 6.15. The molecule has 1 aromatic heterocycles. The Labute approximate surface area is 186 Å². The summed E-state index contributed by atoms with van der Waals surface area (Å²) in [7, 11) is -3.97. The number of hydrogen-bond donors (Lipinski definition) is 2. The van der Waals surface area contributed by atoms with Crippen molar-refractivity contribution in [2.24, 2.45) is 0 Å². The molecule has 3 aromatic carbocycles. The van der Waals surface area contributed by atoms with E-state index in [4.69, 9.17) is 5.10 Å². The first kappa shape index (κ1) is 21.3. The molecule has 32 heavy (non-hydrogen) atoms. The van der Waals surface area contributed by atoms with Crippen LogP contribution in [0, 0.1) is 0 Å². The molecule has 0 radical (unpaired) electrons. The predicted molar refractivity (Wildman–Crippen MR) is 124 cm³/mol. The summed E-state index contributed by atoms with van der Waals surface area (Å²) in [6.45, 7) is 2.03. The fourth-order valence-electron chi connectivity index (χ4n) is 3.29. The van der Waals surface area contributed by atoms with Crippen LogP contribution in [-0.4, -0.2) is 30.8 Å². The predicted octanol–water partition coefficient (Wildman–Crippen LogP) is 4.21. The number of nitrogens with zero attached hydrogens (tertiary/aromatic N) is 2. The summed E-state index contributed by atoms with van der Waals surface area (Å²) in [4.78, 5) is 11.6. The van der Waals surface area contributed by atoms with Crippen LogP contribution in [-0.2, 0) is 10.0 Å². The van der Waals surface area contributed by atoms with E-state index in [0.29, 0.717) is 12.2 Å². The Morgan fingerprint density at radius 1 is 0.875 bits per heavy atom. The van der Waals surface area contributed by atoms with Gasteiger partial charge < -0.3 is 5.32 Å². The lowest BCUT2D eigenvalue weighted by Gasteiger charge is -2.10. The molecule has 0 spiro atoms. The zero-order valence-corrected chi connectivity index (χ0v) is 18.2. The molecule has 4 rings (SSSR count). The minimum Gasteiger partial charge on any atom is -0.338 e. The highest BCUT2D eigenvalue weighted by Crippen LogP contribution is 2.29. The van der Waals surface area contributed by atoms with Gasteiger partial charge in [0.05, 0.1) is 22.0 Å². The van der Waals surface area contributed by atoms with Crippen LogP contribution in [0.1, 0.15) is 6.92 Å². The summed E-state index contributed by atoms with van der Waals surface area (Å²) >= 11 is 0. The van der Waals surface area contributed by atoms with E-state index >= 15 is 0 Å². The van der Waals surface area contributed by atoms with Crippen molar-refractivity contribution >= 4 is 16.1 Å². The number of amides is 2. The van der Waals surface area contributed by atoms with E-state index in [1.54, 1.807) is 23.7 Å². The first-order chi connectivity index (χ1) is 15.5. The Kier molecular flexibility index (Phi) is 6.04. The van der Waals surface area contributed by atoms with Gasteiger partial charge in [0.25, 0.3) is 10.0 Å². The molecule has 8 heteroatoms. The number of rotatable bonds is 6. The molecule has 0 atom stereocenters. The number of aromatic nitrogens is 2. The van der Waals surface area contributed by atoms with Gasteiger partial charge in [0, 0.05) is 17.7 Å². The lowest BCUT2D eigenvalue weighted by molar-refractivity contribution is 0.246. The summed E-state index contributed by atoms with van der Waals surface area (Å²) in [6.07, 6.45) is 0. The van der Waals surface area contributed by atoms with Crippen molar-refractivity contribution in [3.63, 3.8) is 0 Å². The monoisotopic (exact) mass is 446 g/mol. The van der Waals surface area contributed by atoms with Crippen LogP contribution < -0.4 is 10.0 Å². The standard InChI is InChI=1S/C24H22N4O3S/c1-2-25-24(29)27-32(30,31)21-15-13-20(14-16-21)28-23(19-11-7-4-8-12-19)17-22(26-28)18-9-5-3-6-10-18/h3-17H,2H2,1H3,(H2,25,27,29). The van der Waals surface area contributed by atoms with Gasteiger partial charge in [0.15, 0.2) is 0 Å². The molecule has 1 heterocycles. The second kappa shape index (κ2) is 9.07. The van der Waals surface area contributed by atoms with Gasteiger partial charge in [-0.15, -0.1) is 0 Å². The first-order valence-corrected chi connectivity index (χ1v) is 11.6. The molecule has 0 fully saturated rings. The van der Waals surface area contributed by atoms with Crippen LogP contribution in [0.2, 0.25) is 0 Å². The Hall–Kier alpha value is -3.91. The fraction of sp³-hybridized carbons (Fsp3) is 0.0833. The maximum Gasteiger partial charge on any atom is 0.328 e. The Bertz CT molecular complexity index is 1320. The van der Waals surface area contributed by atoms with Crippen LogP contribution in [0.5, 0.6) is 0 Å². The summed E-state index contributed by atoms with van der Waals surface area (Å²) in [6, 6.07) is 27.2. The zero-order chi connectivity index (χ0) is 22.6. The number of nitrogens with one attached hydrogen (secondary N) is 2. The van der Waals surface area contributed by atoms with Crippen LogP contribution >= 0.6 is 0 Å². The molecule has 162 valence electrons. The number of carbonyl (C=O) groups excluding carboxylic acids is 1. The number of hydrogen-bond acceptors (Lipinski definition) is 4. The molecule has 2 amide bonds. The topological polar surface area (TPSA) is 93.1 Å². The van der Waals surface area contributed by atoms with Crippen molar-refractivity contribution in [3.8, 4) is 28.2 Å². The Morgan fingerprint density at radius 2 is 1.47 bits per heavy atom. The normalized spacial score (nSPS) is 11.2. The average molecular weight is 447 g/mol. The van der Waals surface area contributed by atoms with Crippen LogP contribution in [0.3, 0.4) is 0 Å². The van der Waals surface area contributed by atoms with Gasteiger partial charge in [0.2, 0.25) is 0 Å². The van der Waals surface area contributed by atoms with Gasteiger partial charge in [-0.3, -0.25) is 0 Å². The van der Waals surface area contributed by atoms with E-state index in [9.17, 15) is 13.2 Å². The van der Waals surface area contributed by atoms with Crippen molar-refractivity contribution in [1.29, 1.82) is 0 Å². The zero-order valence-electron chi connectivity index (χ0n) is 17.4. The average Bonchev–Trinajstić information content (AvgIpc) is 3.26. The maximum atomic E-state index is 12.4. The smallest absolute Gasteiger partial charge is 0.328 e. The molecule has 0 bridgehead atoms. The van der Waals surface area contributed by atoms with E-state index in [1.807, 2.05) is 71.5 Å². The van der Waals surface area contributed by atoms with Gasteiger partial charge in [-0.25, -0.2) is 22.6 Å². The lowest BCUT2D eigenvalue weighted by atomic mass is 10.1. The minimum atomic E-state index is -3.97. The van der Waals surface area contributed by atoms with Gasteiger partial charge >= 0.3 is 6.03 Å².